The van der Waals surface area contributed by atoms with Crippen molar-refractivity contribution in [1.82, 2.24) is 5.32 Å². The van der Waals surface area contributed by atoms with Crippen LogP contribution in [0.5, 0.6) is 5.75 Å². The van der Waals surface area contributed by atoms with Crippen LogP contribution < -0.4 is 15.8 Å². The molecule has 0 unspecified atom stereocenters. The van der Waals surface area contributed by atoms with Gasteiger partial charge in [0.1, 0.15) is 5.75 Å². The molecule has 1 aliphatic rings. The largest absolute Gasteiger partial charge is 0.497 e. The first-order valence-corrected chi connectivity index (χ1v) is 7.32. The first-order valence-electron chi connectivity index (χ1n) is 6.52. The normalized spacial score (nSPS) is 16.7. The Labute approximate surface area is 139 Å². The minimum Gasteiger partial charge on any atom is -0.497 e. The van der Waals surface area contributed by atoms with Crippen LogP contribution >= 0.6 is 28.3 Å². The summed E-state index contributed by atoms with van der Waals surface area (Å²) in [5, 5.41) is 2.90. The van der Waals surface area contributed by atoms with Crippen LogP contribution in [0.1, 0.15) is 18.4 Å². The van der Waals surface area contributed by atoms with Gasteiger partial charge in [-0.25, -0.2) is 0 Å². The van der Waals surface area contributed by atoms with Gasteiger partial charge in [0.15, 0.2) is 0 Å². The van der Waals surface area contributed by atoms with Gasteiger partial charge in [0.2, 0.25) is 5.91 Å². The monoisotopic (exact) mass is 378 g/mol. The summed E-state index contributed by atoms with van der Waals surface area (Å²) in [7, 11) is 1.61. The molecule has 3 N–H and O–H groups in total. The predicted octanol–water partition coefficient (Wildman–Crippen LogP) is 2.00. The Balaban J connectivity index is 0.00000220. The van der Waals surface area contributed by atoms with Gasteiger partial charge >= 0.3 is 0 Å². The van der Waals surface area contributed by atoms with Crippen molar-refractivity contribution in [2.24, 2.45) is 5.73 Å². The number of amides is 1. The zero-order valence-electron chi connectivity index (χ0n) is 11.9. The summed E-state index contributed by atoms with van der Waals surface area (Å²) < 4.78 is 11.3. The summed E-state index contributed by atoms with van der Waals surface area (Å²) in [6.45, 7) is 1.48. The second-order valence-corrected chi connectivity index (χ2v) is 5.76. The molecule has 1 aromatic carbocycles. The van der Waals surface area contributed by atoms with Crippen LogP contribution in [0.25, 0.3) is 0 Å². The Morgan fingerprint density at radius 2 is 2.14 bits per heavy atom. The molecule has 0 aromatic heterocycles. The average molecular weight is 380 g/mol. The van der Waals surface area contributed by atoms with Crippen molar-refractivity contribution in [3.63, 3.8) is 0 Å². The maximum Gasteiger partial charge on any atom is 0.240 e. The SMILES string of the molecule is COc1ccc(Br)c(CNC(=O)C2(N)CCOCC2)c1.Cl. The highest BCUT2D eigenvalue weighted by atomic mass is 79.9. The standard InChI is InChI=1S/C14H19BrN2O3.ClH/c1-19-11-2-3-12(15)10(8-11)9-17-13(18)14(16)4-6-20-7-5-14;/h2-3,8H,4-7,9,16H2,1H3,(H,17,18);1H. The molecule has 118 valence electrons. The summed E-state index contributed by atoms with van der Waals surface area (Å²) in [4.78, 5) is 12.2. The maximum atomic E-state index is 12.2. The first-order chi connectivity index (χ1) is 9.55. The summed E-state index contributed by atoms with van der Waals surface area (Å²) >= 11 is 3.46. The van der Waals surface area contributed by atoms with Crippen molar-refractivity contribution in [3.8, 4) is 5.75 Å². The highest BCUT2D eigenvalue weighted by Gasteiger charge is 2.35. The van der Waals surface area contributed by atoms with E-state index in [1.165, 1.54) is 0 Å². The molecule has 0 bridgehead atoms. The molecule has 0 saturated carbocycles. The van der Waals surface area contributed by atoms with Gasteiger partial charge in [-0.2, -0.15) is 0 Å². The van der Waals surface area contributed by atoms with Crippen LogP contribution in [0.2, 0.25) is 0 Å². The van der Waals surface area contributed by atoms with Gasteiger partial charge in [0.25, 0.3) is 0 Å². The Hall–Kier alpha value is -0.820. The number of hydrogen-bond donors (Lipinski definition) is 2. The number of carbonyl (C=O) groups is 1. The van der Waals surface area contributed by atoms with Crippen molar-refractivity contribution in [3.05, 3.63) is 28.2 Å². The van der Waals surface area contributed by atoms with Gasteiger partial charge in [-0.1, -0.05) is 15.9 Å². The third-order valence-electron chi connectivity index (χ3n) is 3.53. The number of methoxy groups -OCH3 is 1. The fourth-order valence-electron chi connectivity index (χ4n) is 2.13. The fraction of sp³-hybridized carbons (Fsp3) is 0.500. The molecule has 7 heteroatoms. The number of nitrogens with two attached hydrogens (primary N) is 1. The Morgan fingerprint density at radius 3 is 2.76 bits per heavy atom. The lowest BCUT2D eigenvalue weighted by molar-refractivity contribution is -0.129. The van der Waals surface area contributed by atoms with E-state index in [2.05, 4.69) is 21.2 Å². The smallest absolute Gasteiger partial charge is 0.240 e. The van der Waals surface area contributed by atoms with Gasteiger partial charge in [-0.15, -0.1) is 12.4 Å². The number of carbonyl (C=O) groups excluding carboxylic acids is 1. The van der Waals surface area contributed by atoms with Crippen molar-refractivity contribution in [2.45, 2.75) is 24.9 Å². The summed E-state index contributed by atoms with van der Waals surface area (Å²) in [6, 6.07) is 5.64. The van der Waals surface area contributed by atoms with E-state index < -0.39 is 5.54 Å². The van der Waals surface area contributed by atoms with Gasteiger partial charge in [0.05, 0.1) is 12.6 Å². The molecular weight excluding hydrogens is 360 g/mol. The van der Waals surface area contributed by atoms with Crippen LogP contribution in [0.15, 0.2) is 22.7 Å². The number of benzene rings is 1. The van der Waals surface area contributed by atoms with Gasteiger partial charge < -0.3 is 20.5 Å². The molecule has 1 aliphatic heterocycles. The van der Waals surface area contributed by atoms with Crippen molar-refractivity contribution in [2.75, 3.05) is 20.3 Å². The number of rotatable bonds is 4. The Morgan fingerprint density at radius 1 is 1.48 bits per heavy atom. The van der Waals surface area contributed by atoms with Crippen molar-refractivity contribution < 1.29 is 14.3 Å². The van der Waals surface area contributed by atoms with E-state index in [0.717, 1.165) is 15.8 Å². The molecule has 1 aromatic rings. The molecule has 1 fully saturated rings. The molecule has 0 spiro atoms. The lowest BCUT2D eigenvalue weighted by Gasteiger charge is -2.31. The molecule has 21 heavy (non-hydrogen) atoms. The molecule has 1 saturated heterocycles. The van der Waals surface area contributed by atoms with Gasteiger partial charge in [-0.3, -0.25) is 4.79 Å². The highest BCUT2D eigenvalue weighted by molar-refractivity contribution is 9.10. The van der Waals surface area contributed by atoms with E-state index in [1.54, 1.807) is 7.11 Å². The Bertz CT molecular complexity index is 493. The van der Waals surface area contributed by atoms with E-state index in [9.17, 15) is 4.79 Å². The number of halogens is 2. The van der Waals surface area contributed by atoms with Crippen molar-refractivity contribution in [1.29, 1.82) is 0 Å². The topological polar surface area (TPSA) is 73.6 Å². The predicted molar refractivity (Wildman–Crippen MR) is 86.8 cm³/mol. The van der Waals surface area contributed by atoms with Crippen molar-refractivity contribution >= 4 is 34.2 Å². The minimum atomic E-state index is -0.816. The summed E-state index contributed by atoms with van der Waals surface area (Å²) in [5.41, 5.74) is 6.27. The molecule has 0 atom stereocenters. The second kappa shape index (κ2) is 7.98. The molecular formula is C14H20BrClN2O3. The maximum absolute atomic E-state index is 12.2. The number of hydrogen-bond acceptors (Lipinski definition) is 4. The van der Waals surface area contributed by atoms with Gasteiger partial charge in [0, 0.05) is 24.2 Å². The average Bonchev–Trinajstić information content (AvgIpc) is 2.47. The first kappa shape index (κ1) is 18.2. The summed E-state index contributed by atoms with van der Waals surface area (Å²) in [6.07, 6.45) is 1.11. The second-order valence-electron chi connectivity index (χ2n) is 4.91. The molecule has 0 radical (unpaired) electrons. The third-order valence-corrected chi connectivity index (χ3v) is 4.30. The van der Waals surface area contributed by atoms with Crippen LogP contribution in [-0.4, -0.2) is 31.8 Å². The van der Waals surface area contributed by atoms with E-state index in [4.69, 9.17) is 15.2 Å². The van der Waals surface area contributed by atoms with E-state index in [-0.39, 0.29) is 18.3 Å². The van der Waals surface area contributed by atoms with Crippen LogP contribution in [0.3, 0.4) is 0 Å². The zero-order valence-corrected chi connectivity index (χ0v) is 14.3. The lowest BCUT2D eigenvalue weighted by Crippen LogP contribution is -2.56. The van der Waals surface area contributed by atoms with Crippen LogP contribution in [-0.2, 0) is 16.1 Å². The van der Waals surface area contributed by atoms with E-state index in [0.29, 0.717) is 32.6 Å². The lowest BCUT2D eigenvalue weighted by atomic mass is 9.90. The molecule has 2 rings (SSSR count). The molecule has 0 aliphatic carbocycles. The van der Waals surface area contributed by atoms with Crippen LogP contribution in [0, 0.1) is 0 Å². The van der Waals surface area contributed by atoms with Crippen LogP contribution in [0.4, 0.5) is 0 Å². The molecule has 5 nitrogen and oxygen atoms in total. The third kappa shape index (κ3) is 4.57. The number of ether oxygens (including phenoxy) is 2. The summed E-state index contributed by atoms with van der Waals surface area (Å²) in [5.74, 6) is 0.626. The quantitative estimate of drug-likeness (QED) is 0.839. The van der Waals surface area contributed by atoms with Gasteiger partial charge in [-0.05, 0) is 36.6 Å². The minimum absolute atomic E-state index is 0. The van der Waals surface area contributed by atoms with E-state index in [1.807, 2.05) is 18.2 Å². The molecule has 1 amide bonds. The fourth-order valence-corrected chi connectivity index (χ4v) is 2.51. The van der Waals surface area contributed by atoms with E-state index >= 15 is 0 Å². The highest BCUT2D eigenvalue weighted by Crippen LogP contribution is 2.23. The molecule has 1 heterocycles. The number of nitrogens with one attached hydrogen (secondary N) is 1. The Kier molecular flexibility index (Phi) is 6.93. The zero-order chi connectivity index (χ0) is 14.6.